The number of halogens is 2. The maximum Gasteiger partial charge on any atom is 0.114 e. The largest absolute Gasteiger partial charge is 0.247 e. The third-order valence-corrected chi connectivity index (χ3v) is 3.67. The highest BCUT2D eigenvalue weighted by Gasteiger charge is 2.09. The van der Waals surface area contributed by atoms with Gasteiger partial charge in [0.1, 0.15) is 11.1 Å². The Morgan fingerprint density at radius 3 is 3.07 bits per heavy atom. The van der Waals surface area contributed by atoms with Gasteiger partial charge in [-0.2, -0.15) is 5.26 Å². The molecular weight excluding hydrogens is 284 g/mol. The first kappa shape index (κ1) is 11.8. The van der Waals surface area contributed by atoms with Crippen LogP contribution in [0.2, 0.25) is 0 Å². The number of nitrogens with zero attached hydrogens (tertiary/aromatic N) is 2. The molecular formula is C9H8BrClN2S. The summed E-state index contributed by atoms with van der Waals surface area (Å²) in [4.78, 5) is 4.17. The highest BCUT2D eigenvalue weighted by Crippen LogP contribution is 2.26. The Labute approximate surface area is 101 Å². The van der Waals surface area contributed by atoms with Crippen LogP contribution in [0.3, 0.4) is 0 Å². The standard InChI is InChI=1S/C9H8BrClN2S/c1-6(3-11)14-9-7(4-12)2-8(10)5-13-9/h2,5-6H,3H2,1H3. The van der Waals surface area contributed by atoms with Crippen LogP contribution in [0.25, 0.3) is 0 Å². The zero-order valence-corrected chi connectivity index (χ0v) is 10.7. The number of hydrogen-bond donors (Lipinski definition) is 0. The Morgan fingerprint density at radius 1 is 1.79 bits per heavy atom. The molecule has 0 aliphatic heterocycles. The van der Waals surface area contributed by atoms with Crippen LogP contribution in [0.1, 0.15) is 12.5 Å². The van der Waals surface area contributed by atoms with Gasteiger partial charge < -0.3 is 0 Å². The molecule has 74 valence electrons. The molecule has 2 nitrogen and oxygen atoms in total. The van der Waals surface area contributed by atoms with E-state index in [1.165, 1.54) is 11.8 Å². The molecule has 0 aliphatic rings. The lowest BCUT2D eigenvalue weighted by Crippen LogP contribution is -1.99. The van der Waals surface area contributed by atoms with Crippen LogP contribution < -0.4 is 0 Å². The normalized spacial score (nSPS) is 12.1. The van der Waals surface area contributed by atoms with Crippen LogP contribution in [-0.2, 0) is 0 Å². The highest BCUT2D eigenvalue weighted by atomic mass is 79.9. The topological polar surface area (TPSA) is 36.7 Å². The van der Waals surface area contributed by atoms with Crippen molar-refractivity contribution in [2.75, 3.05) is 5.88 Å². The van der Waals surface area contributed by atoms with Crippen molar-refractivity contribution >= 4 is 39.3 Å². The summed E-state index contributed by atoms with van der Waals surface area (Å²) >= 11 is 10.5. The van der Waals surface area contributed by atoms with Crippen LogP contribution in [-0.4, -0.2) is 16.1 Å². The summed E-state index contributed by atoms with van der Waals surface area (Å²) in [6.07, 6.45) is 1.68. The molecule has 0 saturated heterocycles. The molecule has 1 atom stereocenters. The van der Waals surface area contributed by atoms with E-state index in [0.717, 1.165) is 9.50 Å². The molecule has 1 heterocycles. The van der Waals surface area contributed by atoms with Crippen LogP contribution in [0.4, 0.5) is 0 Å². The van der Waals surface area contributed by atoms with Crippen molar-refractivity contribution in [1.29, 1.82) is 5.26 Å². The molecule has 0 amide bonds. The minimum absolute atomic E-state index is 0.262. The van der Waals surface area contributed by atoms with Gasteiger partial charge >= 0.3 is 0 Å². The fraction of sp³-hybridized carbons (Fsp3) is 0.333. The molecule has 0 bridgehead atoms. The number of aromatic nitrogens is 1. The van der Waals surface area contributed by atoms with Crippen LogP contribution in [0, 0.1) is 11.3 Å². The summed E-state index contributed by atoms with van der Waals surface area (Å²) in [5.41, 5.74) is 0.585. The fourth-order valence-electron chi connectivity index (χ4n) is 0.823. The molecule has 0 radical (unpaired) electrons. The zero-order chi connectivity index (χ0) is 10.6. The van der Waals surface area contributed by atoms with Crippen molar-refractivity contribution in [3.63, 3.8) is 0 Å². The van der Waals surface area contributed by atoms with Crippen molar-refractivity contribution in [2.45, 2.75) is 17.2 Å². The van der Waals surface area contributed by atoms with Crippen molar-refractivity contribution in [1.82, 2.24) is 4.98 Å². The van der Waals surface area contributed by atoms with Gasteiger partial charge in [0.25, 0.3) is 0 Å². The lowest BCUT2D eigenvalue weighted by molar-refractivity contribution is 1.06. The number of pyridine rings is 1. The zero-order valence-electron chi connectivity index (χ0n) is 7.50. The average molecular weight is 292 g/mol. The molecule has 0 N–H and O–H groups in total. The second-order valence-corrected chi connectivity index (χ2v) is 5.35. The second-order valence-electron chi connectivity index (χ2n) is 2.70. The first-order valence-corrected chi connectivity index (χ1v) is 6.16. The summed E-state index contributed by atoms with van der Waals surface area (Å²) in [6, 6.07) is 3.87. The van der Waals surface area contributed by atoms with Crippen LogP contribution in [0.5, 0.6) is 0 Å². The molecule has 1 unspecified atom stereocenters. The molecule has 1 aromatic rings. The monoisotopic (exact) mass is 290 g/mol. The van der Waals surface area contributed by atoms with E-state index >= 15 is 0 Å². The molecule has 5 heteroatoms. The Kier molecular flexibility index (Phi) is 4.73. The Bertz CT molecular complexity index is 364. The molecule has 0 aliphatic carbocycles. The van der Waals surface area contributed by atoms with Crippen molar-refractivity contribution in [3.05, 3.63) is 22.3 Å². The van der Waals surface area contributed by atoms with Gasteiger partial charge in [0.05, 0.1) is 5.56 Å². The second kappa shape index (κ2) is 5.59. The third kappa shape index (κ3) is 3.16. The molecule has 0 aromatic carbocycles. The quantitative estimate of drug-likeness (QED) is 0.632. The van der Waals surface area contributed by atoms with Crippen LogP contribution in [0.15, 0.2) is 21.8 Å². The first-order chi connectivity index (χ1) is 6.67. The van der Waals surface area contributed by atoms with E-state index in [4.69, 9.17) is 16.9 Å². The number of nitriles is 1. The number of thioether (sulfide) groups is 1. The Morgan fingerprint density at radius 2 is 2.50 bits per heavy atom. The third-order valence-electron chi connectivity index (χ3n) is 1.47. The minimum atomic E-state index is 0.262. The maximum atomic E-state index is 8.87. The predicted molar refractivity (Wildman–Crippen MR) is 62.7 cm³/mol. The summed E-state index contributed by atoms with van der Waals surface area (Å²) in [7, 11) is 0. The van der Waals surface area contributed by atoms with Gasteiger partial charge in [-0.1, -0.05) is 6.92 Å². The highest BCUT2D eigenvalue weighted by molar-refractivity contribution is 9.10. The van der Waals surface area contributed by atoms with E-state index in [1.54, 1.807) is 12.3 Å². The summed E-state index contributed by atoms with van der Waals surface area (Å²) in [5.74, 6) is 0.549. The van der Waals surface area contributed by atoms with Gasteiger partial charge in [0.15, 0.2) is 0 Å². The fourth-order valence-corrected chi connectivity index (χ4v) is 2.13. The average Bonchev–Trinajstić information content (AvgIpc) is 2.20. The number of hydrogen-bond acceptors (Lipinski definition) is 3. The SMILES string of the molecule is CC(CCl)Sc1ncc(Br)cc1C#N. The molecule has 0 saturated carbocycles. The van der Waals surface area contributed by atoms with Crippen molar-refractivity contribution in [2.24, 2.45) is 0 Å². The van der Waals surface area contributed by atoms with E-state index in [9.17, 15) is 0 Å². The number of alkyl halides is 1. The van der Waals surface area contributed by atoms with Crippen LogP contribution >= 0.6 is 39.3 Å². The molecule has 0 fully saturated rings. The van der Waals surface area contributed by atoms with E-state index in [0.29, 0.717) is 11.4 Å². The van der Waals surface area contributed by atoms with E-state index < -0.39 is 0 Å². The lowest BCUT2D eigenvalue weighted by Gasteiger charge is -2.07. The maximum absolute atomic E-state index is 8.87. The molecule has 1 rings (SSSR count). The molecule has 14 heavy (non-hydrogen) atoms. The van der Waals surface area contributed by atoms with E-state index in [2.05, 4.69) is 27.0 Å². The van der Waals surface area contributed by atoms with Gasteiger partial charge in [0.2, 0.25) is 0 Å². The van der Waals surface area contributed by atoms with Crippen molar-refractivity contribution in [3.8, 4) is 6.07 Å². The van der Waals surface area contributed by atoms with Gasteiger partial charge in [-0.15, -0.1) is 23.4 Å². The van der Waals surface area contributed by atoms with E-state index in [-0.39, 0.29) is 5.25 Å². The summed E-state index contributed by atoms with van der Waals surface area (Å²) in [6.45, 7) is 2.00. The predicted octanol–water partition coefficient (Wildman–Crippen LogP) is 3.44. The summed E-state index contributed by atoms with van der Waals surface area (Å²) in [5, 5.41) is 9.87. The Hall–Kier alpha value is -0.240. The van der Waals surface area contributed by atoms with Gasteiger partial charge in [-0.25, -0.2) is 4.98 Å². The lowest BCUT2D eigenvalue weighted by atomic mass is 10.3. The minimum Gasteiger partial charge on any atom is -0.247 e. The van der Waals surface area contributed by atoms with E-state index in [1.807, 2.05) is 6.92 Å². The smallest absolute Gasteiger partial charge is 0.114 e. The number of rotatable bonds is 3. The van der Waals surface area contributed by atoms with Gasteiger partial charge in [-0.05, 0) is 22.0 Å². The Balaban J connectivity index is 2.92. The first-order valence-electron chi connectivity index (χ1n) is 3.95. The molecule has 0 spiro atoms. The summed E-state index contributed by atoms with van der Waals surface area (Å²) < 4.78 is 0.817. The van der Waals surface area contributed by atoms with Gasteiger partial charge in [0, 0.05) is 21.8 Å². The van der Waals surface area contributed by atoms with Gasteiger partial charge in [-0.3, -0.25) is 0 Å². The van der Waals surface area contributed by atoms with Crippen molar-refractivity contribution < 1.29 is 0 Å². The molecule has 1 aromatic heterocycles.